The van der Waals surface area contributed by atoms with E-state index >= 15 is 0 Å². The zero-order valence-corrected chi connectivity index (χ0v) is 17.1. The van der Waals surface area contributed by atoms with Crippen molar-refractivity contribution in [3.05, 3.63) is 57.6 Å². The summed E-state index contributed by atoms with van der Waals surface area (Å²) in [5.74, 6) is 0.533. The molecule has 1 N–H and O–H groups in total. The molecule has 0 aromatic heterocycles. The molecule has 1 heterocycles. The van der Waals surface area contributed by atoms with Gasteiger partial charge in [0.15, 0.2) is 6.61 Å². The molecule has 1 fully saturated rings. The van der Waals surface area contributed by atoms with E-state index in [1.165, 1.54) is 0 Å². The number of halogens is 1. The quantitative estimate of drug-likeness (QED) is 0.767. The Balaban J connectivity index is 1.56. The summed E-state index contributed by atoms with van der Waals surface area (Å²) in [4.78, 5) is 26.4. The first-order chi connectivity index (χ1) is 12.9. The number of likely N-dealkylation sites (tertiary alicyclic amines) is 1. The standard InChI is InChI=1S/C21H23BrN2O3/c1-14-11-17(22)12-15(2)20(14)27-13-19(25)23-18-7-5-16(6-8-18)21(26)24-9-3-4-10-24/h5-8,11-12H,3-4,9-10,13H2,1-2H3,(H,23,25). The molecule has 27 heavy (non-hydrogen) atoms. The van der Waals surface area contributed by atoms with E-state index in [4.69, 9.17) is 4.74 Å². The molecule has 2 aromatic carbocycles. The zero-order chi connectivity index (χ0) is 19.4. The van der Waals surface area contributed by atoms with Crippen molar-refractivity contribution < 1.29 is 14.3 Å². The van der Waals surface area contributed by atoms with Gasteiger partial charge in [-0.05, 0) is 74.2 Å². The lowest BCUT2D eigenvalue weighted by Crippen LogP contribution is -2.27. The molecule has 5 nitrogen and oxygen atoms in total. The van der Waals surface area contributed by atoms with E-state index in [1.54, 1.807) is 24.3 Å². The van der Waals surface area contributed by atoms with E-state index < -0.39 is 0 Å². The number of carbonyl (C=O) groups is 2. The van der Waals surface area contributed by atoms with Crippen LogP contribution in [-0.4, -0.2) is 36.4 Å². The van der Waals surface area contributed by atoms with Gasteiger partial charge >= 0.3 is 0 Å². The summed E-state index contributed by atoms with van der Waals surface area (Å²) in [5.41, 5.74) is 3.23. The van der Waals surface area contributed by atoms with E-state index in [0.29, 0.717) is 11.3 Å². The lowest BCUT2D eigenvalue weighted by Gasteiger charge is -2.15. The number of rotatable bonds is 5. The van der Waals surface area contributed by atoms with Crippen LogP contribution in [0.4, 0.5) is 5.69 Å². The Hall–Kier alpha value is -2.34. The molecule has 0 unspecified atom stereocenters. The van der Waals surface area contributed by atoms with E-state index in [0.717, 1.165) is 47.3 Å². The Labute approximate surface area is 167 Å². The van der Waals surface area contributed by atoms with Crippen molar-refractivity contribution in [1.82, 2.24) is 4.90 Å². The Morgan fingerprint density at radius 1 is 1.07 bits per heavy atom. The minimum atomic E-state index is -0.240. The molecule has 1 aliphatic rings. The first-order valence-electron chi connectivity index (χ1n) is 9.03. The summed E-state index contributed by atoms with van der Waals surface area (Å²) in [6.45, 7) is 5.47. The average molecular weight is 431 g/mol. The van der Waals surface area contributed by atoms with Crippen molar-refractivity contribution in [3.63, 3.8) is 0 Å². The van der Waals surface area contributed by atoms with Crippen LogP contribution in [-0.2, 0) is 4.79 Å². The van der Waals surface area contributed by atoms with Crippen molar-refractivity contribution >= 4 is 33.4 Å². The molecule has 2 amide bonds. The molecular formula is C21H23BrN2O3. The van der Waals surface area contributed by atoms with E-state index in [1.807, 2.05) is 30.9 Å². The third-order valence-electron chi connectivity index (χ3n) is 4.58. The molecular weight excluding hydrogens is 408 g/mol. The molecule has 0 radical (unpaired) electrons. The monoisotopic (exact) mass is 430 g/mol. The normalized spacial score (nSPS) is 13.5. The van der Waals surface area contributed by atoms with Gasteiger partial charge in [-0.25, -0.2) is 0 Å². The van der Waals surface area contributed by atoms with Crippen molar-refractivity contribution in [2.45, 2.75) is 26.7 Å². The molecule has 1 aliphatic heterocycles. The number of anilines is 1. The van der Waals surface area contributed by atoms with E-state index in [-0.39, 0.29) is 18.4 Å². The summed E-state index contributed by atoms with van der Waals surface area (Å²) in [6, 6.07) is 10.9. The van der Waals surface area contributed by atoms with Crippen LogP contribution < -0.4 is 10.1 Å². The minimum Gasteiger partial charge on any atom is -0.483 e. The zero-order valence-electron chi connectivity index (χ0n) is 15.5. The largest absolute Gasteiger partial charge is 0.483 e. The Bertz CT molecular complexity index is 820. The second-order valence-corrected chi connectivity index (χ2v) is 7.70. The third kappa shape index (κ3) is 4.89. The predicted molar refractivity (Wildman–Crippen MR) is 109 cm³/mol. The maximum Gasteiger partial charge on any atom is 0.262 e. The highest BCUT2D eigenvalue weighted by Crippen LogP contribution is 2.27. The maximum absolute atomic E-state index is 12.3. The van der Waals surface area contributed by atoms with Gasteiger partial charge in [-0.15, -0.1) is 0 Å². The molecule has 3 rings (SSSR count). The number of carbonyl (C=O) groups excluding carboxylic acids is 2. The average Bonchev–Trinajstić information content (AvgIpc) is 3.15. The molecule has 2 aromatic rings. The van der Waals surface area contributed by atoms with Crippen molar-refractivity contribution in [3.8, 4) is 5.75 Å². The summed E-state index contributed by atoms with van der Waals surface area (Å²) in [7, 11) is 0. The Kier molecular flexibility index (Phi) is 6.16. The van der Waals surface area contributed by atoms with Crippen molar-refractivity contribution in [1.29, 1.82) is 0 Å². The molecule has 0 atom stereocenters. The van der Waals surface area contributed by atoms with E-state index in [2.05, 4.69) is 21.2 Å². The van der Waals surface area contributed by atoms with Crippen LogP contribution in [0.5, 0.6) is 5.75 Å². The molecule has 0 spiro atoms. The van der Waals surface area contributed by atoms with Crippen LogP contribution in [0, 0.1) is 13.8 Å². The highest BCUT2D eigenvalue weighted by molar-refractivity contribution is 9.10. The second-order valence-electron chi connectivity index (χ2n) is 6.78. The Morgan fingerprint density at radius 3 is 2.26 bits per heavy atom. The number of benzene rings is 2. The number of ether oxygens (including phenoxy) is 1. The van der Waals surface area contributed by atoms with Gasteiger partial charge in [0.25, 0.3) is 11.8 Å². The van der Waals surface area contributed by atoms with Gasteiger partial charge in [0.05, 0.1) is 0 Å². The van der Waals surface area contributed by atoms with Crippen LogP contribution in [0.15, 0.2) is 40.9 Å². The minimum absolute atomic E-state index is 0.0508. The van der Waals surface area contributed by atoms with Gasteiger partial charge in [-0.3, -0.25) is 9.59 Å². The number of amides is 2. The Morgan fingerprint density at radius 2 is 1.67 bits per heavy atom. The summed E-state index contributed by atoms with van der Waals surface area (Å²) in [5, 5.41) is 2.80. The lowest BCUT2D eigenvalue weighted by atomic mass is 10.1. The van der Waals surface area contributed by atoms with Gasteiger partial charge in [0, 0.05) is 28.8 Å². The van der Waals surface area contributed by atoms with Crippen LogP contribution >= 0.6 is 15.9 Å². The highest BCUT2D eigenvalue weighted by Gasteiger charge is 2.19. The fourth-order valence-corrected chi connectivity index (χ4v) is 3.95. The van der Waals surface area contributed by atoms with Crippen molar-refractivity contribution in [2.24, 2.45) is 0 Å². The SMILES string of the molecule is Cc1cc(Br)cc(C)c1OCC(=O)Nc1ccc(C(=O)N2CCCC2)cc1. The molecule has 142 valence electrons. The molecule has 1 saturated heterocycles. The maximum atomic E-state index is 12.3. The molecule has 0 aliphatic carbocycles. The smallest absolute Gasteiger partial charge is 0.262 e. The number of aryl methyl sites for hydroxylation is 2. The lowest BCUT2D eigenvalue weighted by molar-refractivity contribution is -0.118. The number of nitrogens with one attached hydrogen (secondary N) is 1. The number of nitrogens with zero attached hydrogens (tertiary/aromatic N) is 1. The second kappa shape index (κ2) is 8.57. The fourth-order valence-electron chi connectivity index (χ4n) is 3.26. The molecule has 0 bridgehead atoms. The van der Waals surface area contributed by atoms with Crippen LogP contribution in [0.1, 0.15) is 34.3 Å². The first kappa shape index (κ1) is 19.4. The third-order valence-corrected chi connectivity index (χ3v) is 5.04. The number of hydrogen-bond acceptors (Lipinski definition) is 3. The highest BCUT2D eigenvalue weighted by atomic mass is 79.9. The van der Waals surface area contributed by atoms with Crippen LogP contribution in [0.2, 0.25) is 0 Å². The van der Waals surface area contributed by atoms with Gasteiger partial charge in [-0.2, -0.15) is 0 Å². The number of hydrogen-bond donors (Lipinski definition) is 1. The summed E-state index contributed by atoms with van der Waals surface area (Å²) in [6.07, 6.45) is 2.13. The van der Waals surface area contributed by atoms with E-state index in [9.17, 15) is 9.59 Å². The van der Waals surface area contributed by atoms with Gasteiger partial charge in [0.2, 0.25) is 0 Å². The van der Waals surface area contributed by atoms with Gasteiger partial charge in [0.1, 0.15) is 5.75 Å². The fraction of sp³-hybridized carbons (Fsp3) is 0.333. The van der Waals surface area contributed by atoms with Crippen molar-refractivity contribution in [2.75, 3.05) is 25.0 Å². The van der Waals surface area contributed by atoms with Crippen LogP contribution in [0.25, 0.3) is 0 Å². The summed E-state index contributed by atoms with van der Waals surface area (Å²) >= 11 is 3.45. The summed E-state index contributed by atoms with van der Waals surface area (Å²) < 4.78 is 6.68. The first-order valence-corrected chi connectivity index (χ1v) is 9.82. The van der Waals surface area contributed by atoms with Crippen LogP contribution in [0.3, 0.4) is 0 Å². The van der Waals surface area contributed by atoms with Gasteiger partial charge in [-0.1, -0.05) is 15.9 Å². The van der Waals surface area contributed by atoms with Gasteiger partial charge < -0.3 is 15.0 Å². The predicted octanol–water partition coefficient (Wildman–Crippen LogP) is 4.32. The topological polar surface area (TPSA) is 58.6 Å². The molecule has 6 heteroatoms. The molecule has 0 saturated carbocycles.